The normalized spacial score (nSPS) is 14.0. The summed E-state index contributed by atoms with van der Waals surface area (Å²) in [5.41, 5.74) is 1.24. The third kappa shape index (κ3) is 4.06. The van der Waals surface area contributed by atoms with Crippen LogP contribution in [0.5, 0.6) is 0 Å². The number of amides is 1. The van der Waals surface area contributed by atoms with Crippen LogP contribution in [0.4, 0.5) is 0 Å². The molecule has 6 heteroatoms. The standard InChI is InChI=1S/C15H25N3O3/c1-6-10(5)13(15(20)21)16-14(19)12-8-11(9(3)4)17-18(12)7-2/h8-10,13H,6-7H2,1-5H3,(H,16,19)(H,20,21). The van der Waals surface area contributed by atoms with Gasteiger partial charge in [0.05, 0.1) is 5.69 Å². The Morgan fingerprint density at radius 3 is 2.38 bits per heavy atom. The van der Waals surface area contributed by atoms with Crippen LogP contribution in [0.1, 0.15) is 63.1 Å². The fraction of sp³-hybridized carbons (Fsp3) is 0.667. The average molecular weight is 295 g/mol. The highest BCUT2D eigenvalue weighted by molar-refractivity contribution is 5.95. The van der Waals surface area contributed by atoms with E-state index in [2.05, 4.69) is 10.4 Å². The molecule has 1 amide bonds. The van der Waals surface area contributed by atoms with Crippen LogP contribution in [0.25, 0.3) is 0 Å². The minimum absolute atomic E-state index is 0.131. The van der Waals surface area contributed by atoms with Crippen LogP contribution in [-0.4, -0.2) is 32.8 Å². The van der Waals surface area contributed by atoms with Crippen LogP contribution in [0.15, 0.2) is 6.07 Å². The second-order valence-corrected chi connectivity index (χ2v) is 5.60. The topological polar surface area (TPSA) is 84.2 Å². The fourth-order valence-electron chi connectivity index (χ4n) is 2.04. The highest BCUT2D eigenvalue weighted by Crippen LogP contribution is 2.15. The summed E-state index contributed by atoms with van der Waals surface area (Å²) in [4.78, 5) is 23.7. The van der Waals surface area contributed by atoms with E-state index >= 15 is 0 Å². The lowest BCUT2D eigenvalue weighted by atomic mass is 9.99. The van der Waals surface area contributed by atoms with Crippen molar-refractivity contribution in [3.8, 4) is 0 Å². The Bertz CT molecular complexity index is 508. The van der Waals surface area contributed by atoms with E-state index in [0.29, 0.717) is 18.7 Å². The van der Waals surface area contributed by atoms with Crippen LogP contribution >= 0.6 is 0 Å². The van der Waals surface area contributed by atoms with Crippen molar-refractivity contribution in [2.75, 3.05) is 0 Å². The van der Waals surface area contributed by atoms with E-state index in [1.54, 1.807) is 10.7 Å². The van der Waals surface area contributed by atoms with Gasteiger partial charge in [-0.3, -0.25) is 9.48 Å². The summed E-state index contributed by atoms with van der Waals surface area (Å²) in [6.45, 7) is 10.2. The van der Waals surface area contributed by atoms with Gasteiger partial charge in [-0.2, -0.15) is 5.10 Å². The molecule has 1 aromatic heterocycles. The predicted octanol–water partition coefficient (Wildman–Crippen LogP) is 2.26. The van der Waals surface area contributed by atoms with Gasteiger partial charge in [-0.15, -0.1) is 0 Å². The first kappa shape index (κ1) is 17.2. The van der Waals surface area contributed by atoms with E-state index in [9.17, 15) is 14.7 Å². The van der Waals surface area contributed by atoms with Crippen molar-refractivity contribution in [3.63, 3.8) is 0 Å². The largest absolute Gasteiger partial charge is 0.480 e. The number of rotatable bonds is 7. The number of aromatic nitrogens is 2. The minimum Gasteiger partial charge on any atom is -0.480 e. The highest BCUT2D eigenvalue weighted by atomic mass is 16.4. The third-order valence-corrected chi connectivity index (χ3v) is 3.69. The van der Waals surface area contributed by atoms with Crippen LogP contribution in [0.2, 0.25) is 0 Å². The number of hydrogen-bond donors (Lipinski definition) is 2. The lowest BCUT2D eigenvalue weighted by Gasteiger charge is -2.20. The molecule has 0 aliphatic carbocycles. The molecule has 0 aromatic carbocycles. The average Bonchev–Trinajstić information content (AvgIpc) is 2.87. The zero-order valence-corrected chi connectivity index (χ0v) is 13.4. The Morgan fingerprint density at radius 2 is 1.95 bits per heavy atom. The molecule has 0 saturated heterocycles. The van der Waals surface area contributed by atoms with Gasteiger partial charge in [0, 0.05) is 6.54 Å². The van der Waals surface area contributed by atoms with Gasteiger partial charge < -0.3 is 10.4 Å². The van der Waals surface area contributed by atoms with Crippen molar-refractivity contribution in [2.45, 2.75) is 59.5 Å². The molecule has 0 bridgehead atoms. The molecule has 21 heavy (non-hydrogen) atoms. The maximum atomic E-state index is 12.4. The van der Waals surface area contributed by atoms with Gasteiger partial charge in [0.2, 0.25) is 0 Å². The molecular weight excluding hydrogens is 270 g/mol. The molecule has 1 rings (SSSR count). The van der Waals surface area contributed by atoms with E-state index in [1.165, 1.54) is 0 Å². The first-order chi connectivity index (χ1) is 9.81. The molecule has 1 heterocycles. The van der Waals surface area contributed by atoms with Gasteiger partial charge in [-0.05, 0) is 24.8 Å². The third-order valence-electron chi connectivity index (χ3n) is 3.69. The van der Waals surface area contributed by atoms with Gasteiger partial charge in [-0.25, -0.2) is 4.79 Å². The van der Waals surface area contributed by atoms with Crippen LogP contribution < -0.4 is 5.32 Å². The first-order valence-corrected chi connectivity index (χ1v) is 7.43. The van der Waals surface area contributed by atoms with Crippen molar-refractivity contribution in [3.05, 3.63) is 17.5 Å². The summed E-state index contributed by atoms with van der Waals surface area (Å²) in [5, 5.41) is 16.2. The number of carboxylic acids is 1. The lowest BCUT2D eigenvalue weighted by molar-refractivity contribution is -0.140. The zero-order valence-electron chi connectivity index (χ0n) is 13.4. The molecule has 1 aromatic rings. The van der Waals surface area contributed by atoms with Crippen LogP contribution in [0, 0.1) is 5.92 Å². The molecule has 0 spiro atoms. The van der Waals surface area contributed by atoms with Crippen molar-refractivity contribution in [1.82, 2.24) is 15.1 Å². The Labute approximate surface area is 125 Å². The number of aryl methyl sites for hydroxylation is 1. The van der Waals surface area contributed by atoms with Gasteiger partial charge in [-0.1, -0.05) is 34.1 Å². The molecule has 2 atom stereocenters. The number of carbonyl (C=O) groups excluding carboxylic acids is 1. The monoisotopic (exact) mass is 295 g/mol. The second-order valence-electron chi connectivity index (χ2n) is 5.60. The summed E-state index contributed by atoms with van der Waals surface area (Å²) in [7, 11) is 0. The van der Waals surface area contributed by atoms with E-state index in [0.717, 1.165) is 5.69 Å². The van der Waals surface area contributed by atoms with Crippen molar-refractivity contribution >= 4 is 11.9 Å². The number of aliphatic carboxylic acids is 1. The van der Waals surface area contributed by atoms with E-state index in [1.807, 2.05) is 34.6 Å². The molecule has 0 radical (unpaired) electrons. The van der Waals surface area contributed by atoms with Gasteiger partial charge in [0.15, 0.2) is 0 Å². The molecule has 6 nitrogen and oxygen atoms in total. The molecular formula is C15H25N3O3. The second kappa shape index (κ2) is 7.24. The molecule has 118 valence electrons. The van der Waals surface area contributed by atoms with Crippen LogP contribution in [0.3, 0.4) is 0 Å². The summed E-state index contributed by atoms with van der Waals surface area (Å²) in [5.74, 6) is -1.31. The number of carbonyl (C=O) groups is 2. The fourth-order valence-corrected chi connectivity index (χ4v) is 2.04. The summed E-state index contributed by atoms with van der Waals surface area (Å²) < 4.78 is 1.61. The van der Waals surface area contributed by atoms with Crippen molar-refractivity contribution in [2.24, 2.45) is 5.92 Å². The summed E-state index contributed by atoms with van der Waals surface area (Å²) in [6.07, 6.45) is 0.682. The van der Waals surface area contributed by atoms with Gasteiger partial charge in [0.25, 0.3) is 5.91 Å². The maximum absolute atomic E-state index is 12.4. The molecule has 2 N–H and O–H groups in total. The Hall–Kier alpha value is -1.85. The zero-order chi connectivity index (χ0) is 16.2. The number of nitrogens with zero attached hydrogens (tertiary/aromatic N) is 2. The summed E-state index contributed by atoms with van der Waals surface area (Å²) in [6, 6.07) is 0.851. The van der Waals surface area contributed by atoms with Crippen molar-refractivity contribution in [1.29, 1.82) is 0 Å². The Balaban J connectivity index is 2.99. The van der Waals surface area contributed by atoms with Crippen molar-refractivity contribution < 1.29 is 14.7 Å². The van der Waals surface area contributed by atoms with E-state index < -0.39 is 12.0 Å². The molecule has 0 fully saturated rings. The summed E-state index contributed by atoms with van der Waals surface area (Å²) >= 11 is 0. The molecule has 0 saturated carbocycles. The molecule has 0 aliphatic rings. The molecule has 0 aliphatic heterocycles. The van der Waals surface area contributed by atoms with E-state index in [-0.39, 0.29) is 17.7 Å². The van der Waals surface area contributed by atoms with E-state index in [4.69, 9.17) is 0 Å². The first-order valence-electron chi connectivity index (χ1n) is 7.43. The predicted molar refractivity (Wildman–Crippen MR) is 80.3 cm³/mol. The number of hydrogen-bond acceptors (Lipinski definition) is 3. The minimum atomic E-state index is -1.01. The van der Waals surface area contributed by atoms with Crippen LogP contribution in [-0.2, 0) is 11.3 Å². The smallest absolute Gasteiger partial charge is 0.326 e. The van der Waals surface area contributed by atoms with Gasteiger partial charge in [0.1, 0.15) is 11.7 Å². The number of nitrogens with one attached hydrogen (secondary N) is 1. The number of carboxylic acid groups (broad SMARTS) is 1. The lowest BCUT2D eigenvalue weighted by Crippen LogP contribution is -2.45. The SMILES string of the molecule is CCC(C)C(NC(=O)c1cc(C(C)C)nn1CC)C(=O)O. The molecule has 2 unspecified atom stereocenters. The Kier molecular flexibility index (Phi) is 5.93. The van der Waals surface area contributed by atoms with Gasteiger partial charge >= 0.3 is 5.97 Å². The Morgan fingerprint density at radius 1 is 1.33 bits per heavy atom. The maximum Gasteiger partial charge on any atom is 0.326 e. The highest BCUT2D eigenvalue weighted by Gasteiger charge is 2.27. The quantitative estimate of drug-likeness (QED) is 0.808.